The topological polar surface area (TPSA) is 61.4 Å². The van der Waals surface area contributed by atoms with Crippen LogP contribution in [0.1, 0.15) is 24.0 Å². The molecule has 0 bridgehead atoms. The fourth-order valence-electron chi connectivity index (χ4n) is 2.74. The number of carbonyl (C=O) groups is 2. The van der Waals surface area contributed by atoms with Gasteiger partial charge >= 0.3 is 6.03 Å². The van der Waals surface area contributed by atoms with Gasteiger partial charge in [-0.1, -0.05) is 35.9 Å². The summed E-state index contributed by atoms with van der Waals surface area (Å²) in [6.45, 7) is 3.24. The molecular weight excluding hydrogens is 302 g/mol. The summed E-state index contributed by atoms with van der Waals surface area (Å²) in [6, 6.07) is 15.1. The van der Waals surface area contributed by atoms with E-state index in [1.54, 1.807) is 4.90 Å². The minimum Gasteiger partial charge on any atom is -0.334 e. The smallest absolute Gasteiger partial charge is 0.319 e. The molecule has 0 spiro atoms. The zero-order valence-corrected chi connectivity index (χ0v) is 13.7. The van der Waals surface area contributed by atoms with Gasteiger partial charge in [0, 0.05) is 30.9 Å². The first kappa shape index (κ1) is 16.1. The van der Waals surface area contributed by atoms with Crippen LogP contribution in [0.25, 0.3) is 0 Å². The zero-order valence-electron chi connectivity index (χ0n) is 13.7. The van der Waals surface area contributed by atoms with E-state index in [2.05, 4.69) is 10.6 Å². The molecule has 5 nitrogen and oxygen atoms in total. The number of benzene rings is 2. The summed E-state index contributed by atoms with van der Waals surface area (Å²) in [5, 5.41) is 5.65. The van der Waals surface area contributed by atoms with Crippen LogP contribution in [-0.2, 0) is 11.3 Å². The Balaban J connectivity index is 1.58. The van der Waals surface area contributed by atoms with Gasteiger partial charge in [-0.3, -0.25) is 4.79 Å². The van der Waals surface area contributed by atoms with Gasteiger partial charge in [-0.25, -0.2) is 4.79 Å². The number of aryl methyl sites for hydroxylation is 1. The van der Waals surface area contributed by atoms with Crippen LogP contribution in [0.15, 0.2) is 48.5 Å². The Hall–Kier alpha value is -2.82. The average Bonchev–Trinajstić information content (AvgIpc) is 3.01. The minimum absolute atomic E-state index is 0.135. The van der Waals surface area contributed by atoms with Crippen LogP contribution in [0.5, 0.6) is 0 Å². The largest absolute Gasteiger partial charge is 0.334 e. The van der Waals surface area contributed by atoms with Gasteiger partial charge in [0.1, 0.15) is 0 Å². The Bertz CT molecular complexity index is 741. The first-order valence-corrected chi connectivity index (χ1v) is 8.13. The van der Waals surface area contributed by atoms with Crippen LogP contribution >= 0.6 is 0 Å². The second-order valence-electron chi connectivity index (χ2n) is 5.99. The number of carbonyl (C=O) groups excluding carboxylic acids is 2. The Morgan fingerprint density at radius 2 is 1.96 bits per heavy atom. The van der Waals surface area contributed by atoms with Crippen LogP contribution in [-0.4, -0.2) is 18.5 Å². The lowest BCUT2D eigenvalue weighted by Gasteiger charge is -2.17. The molecule has 2 N–H and O–H groups in total. The summed E-state index contributed by atoms with van der Waals surface area (Å²) in [4.78, 5) is 25.6. The Kier molecular flexibility index (Phi) is 4.79. The SMILES string of the molecule is Cc1ccc(CNC(=O)Nc2cccc(N3CCCC3=O)c2)cc1. The molecule has 1 saturated heterocycles. The van der Waals surface area contributed by atoms with E-state index in [1.807, 2.05) is 55.5 Å². The molecule has 1 heterocycles. The molecule has 2 aromatic carbocycles. The second kappa shape index (κ2) is 7.17. The highest BCUT2D eigenvalue weighted by atomic mass is 16.2. The van der Waals surface area contributed by atoms with Gasteiger partial charge in [-0.15, -0.1) is 0 Å². The maximum atomic E-state index is 12.0. The quantitative estimate of drug-likeness (QED) is 0.905. The predicted molar refractivity (Wildman–Crippen MR) is 95.1 cm³/mol. The van der Waals surface area contributed by atoms with Crippen LogP contribution < -0.4 is 15.5 Å². The molecule has 0 saturated carbocycles. The summed E-state index contributed by atoms with van der Waals surface area (Å²) in [5.41, 5.74) is 3.74. The summed E-state index contributed by atoms with van der Waals surface area (Å²) in [5.74, 6) is 0.135. The third kappa shape index (κ3) is 3.93. The maximum absolute atomic E-state index is 12.0. The van der Waals surface area contributed by atoms with Gasteiger partial charge in [-0.05, 0) is 37.1 Å². The van der Waals surface area contributed by atoms with Crippen molar-refractivity contribution < 1.29 is 9.59 Å². The number of hydrogen-bond acceptors (Lipinski definition) is 2. The average molecular weight is 323 g/mol. The van der Waals surface area contributed by atoms with Crippen molar-refractivity contribution in [2.45, 2.75) is 26.3 Å². The van der Waals surface area contributed by atoms with Crippen molar-refractivity contribution in [3.63, 3.8) is 0 Å². The van der Waals surface area contributed by atoms with Crippen molar-refractivity contribution in [3.05, 3.63) is 59.7 Å². The molecule has 0 unspecified atom stereocenters. The first-order chi connectivity index (χ1) is 11.6. The van der Waals surface area contributed by atoms with Crippen LogP contribution in [0.2, 0.25) is 0 Å². The van der Waals surface area contributed by atoms with Crippen molar-refractivity contribution >= 4 is 23.3 Å². The molecule has 1 fully saturated rings. The third-order valence-electron chi connectivity index (χ3n) is 4.06. The number of urea groups is 1. The number of nitrogens with zero attached hydrogens (tertiary/aromatic N) is 1. The predicted octanol–water partition coefficient (Wildman–Crippen LogP) is 3.44. The van der Waals surface area contributed by atoms with Crippen molar-refractivity contribution in [3.8, 4) is 0 Å². The Labute approximate surface area is 141 Å². The summed E-state index contributed by atoms with van der Waals surface area (Å²) in [7, 11) is 0. The lowest BCUT2D eigenvalue weighted by molar-refractivity contribution is -0.117. The monoisotopic (exact) mass is 323 g/mol. The van der Waals surface area contributed by atoms with E-state index in [9.17, 15) is 9.59 Å². The van der Waals surface area contributed by atoms with E-state index >= 15 is 0 Å². The number of rotatable bonds is 4. The van der Waals surface area contributed by atoms with E-state index < -0.39 is 0 Å². The standard InChI is InChI=1S/C19H21N3O2/c1-14-7-9-15(10-8-14)13-20-19(24)21-16-4-2-5-17(12-16)22-11-3-6-18(22)23/h2,4-5,7-10,12H,3,6,11,13H2,1H3,(H2,20,21,24). The number of amides is 3. The summed E-state index contributed by atoms with van der Waals surface area (Å²) >= 11 is 0. The molecule has 0 atom stereocenters. The Morgan fingerprint density at radius 3 is 2.67 bits per heavy atom. The van der Waals surface area contributed by atoms with Gasteiger partial charge in [0.25, 0.3) is 0 Å². The molecule has 0 radical (unpaired) electrons. The molecular formula is C19H21N3O2. The lowest BCUT2D eigenvalue weighted by Crippen LogP contribution is -2.28. The molecule has 0 aliphatic carbocycles. The number of anilines is 2. The van der Waals surface area contributed by atoms with E-state index in [-0.39, 0.29) is 11.9 Å². The lowest BCUT2D eigenvalue weighted by atomic mass is 10.1. The molecule has 2 aromatic rings. The van der Waals surface area contributed by atoms with E-state index in [4.69, 9.17) is 0 Å². The summed E-state index contributed by atoms with van der Waals surface area (Å²) in [6.07, 6.45) is 1.47. The van der Waals surface area contributed by atoms with E-state index in [0.29, 0.717) is 18.7 Å². The molecule has 124 valence electrons. The number of hydrogen-bond donors (Lipinski definition) is 2. The van der Waals surface area contributed by atoms with Crippen LogP contribution in [0.3, 0.4) is 0 Å². The molecule has 1 aliphatic rings. The van der Waals surface area contributed by atoms with E-state index in [1.165, 1.54) is 5.56 Å². The molecule has 3 amide bonds. The summed E-state index contributed by atoms with van der Waals surface area (Å²) < 4.78 is 0. The van der Waals surface area contributed by atoms with Gasteiger partial charge < -0.3 is 15.5 Å². The molecule has 0 aromatic heterocycles. The highest BCUT2D eigenvalue weighted by Crippen LogP contribution is 2.24. The molecule has 3 rings (SSSR count). The minimum atomic E-state index is -0.263. The van der Waals surface area contributed by atoms with Crippen LogP contribution in [0, 0.1) is 6.92 Å². The van der Waals surface area contributed by atoms with Gasteiger partial charge in [0.15, 0.2) is 0 Å². The highest BCUT2D eigenvalue weighted by molar-refractivity contribution is 5.96. The molecule has 24 heavy (non-hydrogen) atoms. The zero-order chi connectivity index (χ0) is 16.9. The molecule has 1 aliphatic heterocycles. The van der Waals surface area contributed by atoms with Crippen molar-refractivity contribution in [1.82, 2.24) is 5.32 Å². The van der Waals surface area contributed by atoms with E-state index in [0.717, 1.165) is 24.2 Å². The number of nitrogens with one attached hydrogen (secondary N) is 2. The fraction of sp³-hybridized carbons (Fsp3) is 0.263. The highest BCUT2D eigenvalue weighted by Gasteiger charge is 2.21. The second-order valence-corrected chi connectivity index (χ2v) is 5.99. The van der Waals surface area contributed by atoms with Crippen molar-refractivity contribution in [1.29, 1.82) is 0 Å². The molecule has 5 heteroatoms. The van der Waals surface area contributed by atoms with Gasteiger partial charge in [0.05, 0.1) is 0 Å². The van der Waals surface area contributed by atoms with Crippen molar-refractivity contribution in [2.75, 3.05) is 16.8 Å². The normalized spacial score (nSPS) is 13.9. The van der Waals surface area contributed by atoms with Gasteiger partial charge in [0.2, 0.25) is 5.91 Å². The fourth-order valence-corrected chi connectivity index (χ4v) is 2.74. The Morgan fingerprint density at radius 1 is 1.17 bits per heavy atom. The maximum Gasteiger partial charge on any atom is 0.319 e. The van der Waals surface area contributed by atoms with Gasteiger partial charge in [-0.2, -0.15) is 0 Å². The first-order valence-electron chi connectivity index (χ1n) is 8.13. The van der Waals surface area contributed by atoms with Crippen LogP contribution in [0.4, 0.5) is 16.2 Å². The third-order valence-corrected chi connectivity index (χ3v) is 4.06. The van der Waals surface area contributed by atoms with Crippen molar-refractivity contribution in [2.24, 2.45) is 0 Å².